The lowest BCUT2D eigenvalue weighted by Crippen LogP contribution is -2.54. The lowest BCUT2D eigenvalue weighted by Gasteiger charge is -2.27. The van der Waals surface area contributed by atoms with Crippen LogP contribution in [0.2, 0.25) is 0 Å². The zero-order valence-corrected chi connectivity index (χ0v) is 11.4. The Morgan fingerprint density at radius 3 is 2.94 bits per heavy atom. The summed E-state index contributed by atoms with van der Waals surface area (Å²) in [7, 11) is 0. The smallest absolute Gasteiger partial charge is 0.237 e. The number of amides is 1. The van der Waals surface area contributed by atoms with Crippen LogP contribution in [0.15, 0.2) is 29.4 Å². The van der Waals surface area contributed by atoms with E-state index in [4.69, 9.17) is 5.73 Å². The van der Waals surface area contributed by atoms with Gasteiger partial charge in [-0.15, -0.1) is 11.8 Å². The Balaban J connectivity index is 1.84. The van der Waals surface area contributed by atoms with Crippen LogP contribution in [0, 0.1) is 0 Å². The topological polar surface area (TPSA) is 68.0 Å². The van der Waals surface area contributed by atoms with Gasteiger partial charge in [0.15, 0.2) is 0 Å². The molecule has 0 radical (unpaired) electrons. The van der Waals surface area contributed by atoms with Gasteiger partial charge in [0, 0.05) is 18.0 Å². The molecule has 1 amide bonds. The van der Waals surface area contributed by atoms with E-state index in [0.29, 0.717) is 6.04 Å². The lowest BCUT2D eigenvalue weighted by atomic mass is 9.98. The predicted molar refractivity (Wildman–Crippen MR) is 73.3 cm³/mol. The zero-order valence-electron chi connectivity index (χ0n) is 10.6. The number of hydrogen-bond donors (Lipinski definition) is 2. The molecule has 1 aromatic heterocycles. The molecular weight excluding hydrogens is 246 g/mol. The van der Waals surface area contributed by atoms with Gasteiger partial charge in [-0.1, -0.05) is 6.07 Å². The van der Waals surface area contributed by atoms with Gasteiger partial charge in [-0.05, 0) is 38.3 Å². The van der Waals surface area contributed by atoms with Gasteiger partial charge in [0.1, 0.15) is 0 Å². The summed E-state index contributed by atoms with van der Waals surface area (Å²) in [6, 6.07) is 6.31. The summed E-state index contributed by atoms with van der Waals surface area (Å²) in [6.07, 6.45) is 4.80. The van der Waals surface area contributed by atoms with E-state index in [-0.39, 0.29) is 5.91 Å². The number of carbonyl (C=O) groups is 1. The van der Waals surface area contributed by atoms with Crippen molar-refractivity contribution in [1.82, 2.24) is 10.3 Å². The molecular formula is C13H19N3OS. The minimum absolute atomic E-state index is 0.268. The van der Waals surface area contributed by atoms with Crippen LogP contribution in [0.5, 0.6) is 0 Å². The van der Waals surface area contributed by atoms with Crippen LogP contribution in [0.3, 0.4) is 0 Å². The van der Waals surface area contributed by atoms with Crippen molar-refractivity contribution in [2.75, 3.05) is 5.75 Å². The third-order valence-electron chi connectivity index (χ3n) is 3.13. The molecule has 5 heteroatoms. The van der Waals surface area contributed by atoms with Crippen LogP contribution in [0.25, 0.3) is 0 Å². The first-order valence-electron chi connectivity index (χ1n) is 6.21. The van der Waals surface area contributed by atoms with Crippen LogP contribution >= 0.6 is 11.8 Å². The summed E-state index contributed by atoms with van der Waals surface area (Å²) in [4.78, 5) is 15.8. The molecule has 0 aromatic carbocycles. The molecule has 0 bridgehead atoms. The molecule has 1 aromatic rings. The van der Waals surface area contributed by atoms with E-state index in [2.05, 4.69) is 10.3 Å². The largest absolute Gasteiger partial charge is 0.368 e. The Hall–Kier alpha value is -1.07. The summed E-state index contributed by atoms with van der Waals surface area (Å²) in [5.74, 6) is 0.562. The van der Waals surface area contributed by atoms with E-state index < -0.39 is 5.54 Å². The van der Waals surface area contributed by atoms with Gasteiger partial charge in [0.25, 0.3) is 0 Å². The second-order valence-corrected chi connectivity index (χ2v) is 6.00. The standard InChI is InChI=1S/C13H19N3OS/c1-13(12(14)17,16-10-5-6-10)7-9-18-11-4-2-3-8-15-11/h2-4,8,10,16H,5-7,9H2,1H3,(H2,14,17). The van der Waals surface area contributed by atoms with Gasteiger partial charge in [-0.25, -0.2) is 4.98 Å². The number of nitrogens with zero attached hydrogens (tertiary/aromatic N) is 1. The van der Waals surface area contributed by atoms with Crippen LogP contribution in [0.1, 0.15) is 26.2 Å². The minimum atomic E-state index is -0.594. The van der Waals surface area contributed by atoms with Crippen molar-refractivity contribution < 1.29 is 4.79 Å². The number of thioether (sulfide) groups is 1. The highest BCUT2D eigenvalue weighted by Gasteiger charge is 2.36. The number of nitrogens with one attached hydrogen (secondary N) is 1. The molecule has 1 heterocycles. The van der Waals surface area contributed by atoms with Crippen molar-refractivity contribution in [1.29, 1.82) is 0 Å². The van der Waals surface area contributed by atoms with Gasteiger partial charge in [0.05, 0.1) is 10.6 Å². The maximum atomic E-state index is 11.6. The Bertz CT molecular complexity index is 408. The number of aromatic nitrogens is 1. The fraction of sp³-hybridized carbons (Fsp3) is 0.538. The van der Waals surface area contributed by atoms with E-state index >= 15 is 0 Å². The van der Waals surface area contributed by atoms with Crippen molar-refractivity contribution in [3.8, 4) is 0 Å². The minimum Gasteiger partial charge on any atom is -0.368 e. The second-order valence-electron chi connectivity index (χ2n) is 4.88. The molecule has 98 valence electrons. The van der Waals surface area contributed by atoms with Gasteiger partial charge < -0.3 is 11.1 Å². The maximum absolute atomic E-state index is 11.6. The van der Waals surface area contributed by atoms with Crippen molar-refractivity contribution in [3.05, 3.63) is 24.4 Å². The summed E-state index contributed by atoms with van der Waals surface area (Å²) in [5.41, 5.74) is 4.91. The van der Waals surface area contributed by atoms with Gasteiger partial charge >= 0.3 is 0 Å². The Morgan fingerprint density at radius 1 is 1.61 bits per heavy atom. The maximum Gasteiger partial charge on any atom is 0.237 e. The van der Waals surface area contributed by atoms with Crippen LogP contribution < -0.4 is 11.1 Å². The molecule has 0 spiro atoms. The first kappa shape index (κ1) is 13.4. The Morgan fingerprint density at radius 2 is 2.39 bits per heavy atom. The molecule has 4 nitrogen and oxygen atoms in total. The fourth-order valence-corrected chi connectivity index (χ4v) is 2.77. The quantitative estimate of drug-likeness (QED) is 0.734. The van der Waals surface area contributed by atoms with E-state index in [1.165, 1.54) is 0 Å². The van der Waals surface area contributed by atoms with E-state index in [0.717, 1.165) is 30.0 Å². The predicted octanol–water partition coefficient (Wildman–Crippen LogP) is 1.56. The molecule has 1 atom stereocenters. The molecule has 1 aliphatic rings. The monoisotopic (exact) mass is 265 g/mol. The summed E-state index contributed by atoms with van der Waals surface area (Å²) >= 11 is 1.65. The normalized spacial score (nSPS) is 18.3. The van der Waals surface area contributed by atoms with E-state index in [1.54, 1.807) is 18.0 Å². The Kier molecular flexibility index (Phi) is 4.24. The molecule has 0 aliphatic heterocycles. The number of hydrogen-bond acceptors (Lipinski definition) is 4. The van der Waals surface area contributed by atoms with Crippen molar-refractivity contribution in [2.24, 2.45) is 5.73 Å². The highest BCUT2D eigenvalue weighted by molar-refractivity contribution is 7.99. The SMILES string of the molecule is CC(CCSc1ccccn1)(NC1CC1)C(N)=O. The van der Waals surface area contributed by atoms with Crippen LogP contribution in [-0.4, -0.2) is 28.2 Å². The van der Waals surface area contributed by atoms with E-state index in [9.17, 15) is 4.79 Å². The number of nitrogens with two attached hydrogens (primary N) is 1. The number of pyridine rings is 1. The second kappa shape index (κ2) is 5.71. The summed E-state index contributed by atoms with van der Waals surface area (Å²) in [5, 5.41) is 4.33. The first-order valence-corrected chi connectivity index (χ1v) is 7.20. The highest BCUT2D eigenvalue weighted by Crippen LogP contribution is 2.26. The third-order valence-corrected chi connectivity index (χ3v) is 4.08. The van der Waals surface area contributed by atoms with Crippen molar-refractivity contribution >= 4 is 17.7 Å². The summed E-state index contributed by atoms with van der Waals surface area (Å²) < 4.78 is 0. The average molecular weight is 265 g/mol. The molecule has 18 heavy (non-hydrogen) atoms. The van der Waals surface area contributed by atoms with Crippen molar-refractivity contribution in [3.63, 3.8) is 0 Å². The number of carbonyl (C=O) groups excluding carboxylic acids is 1. The lowest BCUT2D eigenvalue weighted by molar-refractivity contribution is -0.124. The van der Waals surface area contributed by atoms with Gasteiger partial charge in [0.2, 0.25) is 5.91 Å². The fourth-order valence-electron chi connectivity index (χ4n) is 1.74. The molecule has 0 saturated heterocycles. The highest BCUT2D eigenvalue weighted by atomic mass is 32.2. The molecule has 3 N–H and O–H groups in total. The zero-order chi connectivity index (χ0) is 13.0. The molecule has 2 rings (SSSR count). The molecule has 1 saturated carbocycles. The number of primary amides is 1. The first-order chi connectivity index (χ1) is 8.60. The molecule has 1 fully saturated rings. The van der Waals surface area contributed by atoms with Crippen LogP contribution in [0.4, 0.5) is 0 Å². The summed E-state index contributed by atoms with van der Waals surface area (Å²) in [6.45, 7) is 1.90. The van der Waals surface area contributed by atoms with E-state index in [1.807, 2.05) is 25.1 Å². The molecule has 1 aliphatic carbocycles. The van der Waals surface area contributed by atoms with Crippen molar-refractivity contribution in [2.45, 2.75) is 42.8 Å². The third kappa shape index (κ3) is 3.71. The van der Waals surface area contributed by atoms with Gasteiger partial charge in [-0.3, -0.25) is 4.79 Å². The average Bonchev–Trinajstić information content (AvgIpc) is 3.14. The van der Waals surface area contributed by atoms with Gasteiger partial charge in [-0.2, -0.15) is 0 Å². The van der Waals surface area contributed by atoms with Crippen LogP contribution in [-0.2, 0) is 4.79 Å². The molecule has 1 unspecified atom stereocenters. The number of rotatable bonds is 7. The Labute approximate surface area is 112 Å².